The Morgan fingerprint density at radius 3 is 2.28 bits per heavy atom. The van der Waals surface area contributed by atoms with Gasteiger partial charge in [-0.3, -0.25) is 4.79 Å². The predicted octanol–water partition coefficient (Wildman–Crippen LogP) is 4.87. The van der Waals surface area contributed by atoms with Crippen LogP contribution in [-0.2, 0) is 4.79 Å². The van der Waals surface area contributed by atoms with Crippen molar-refractivity contribution >= 4 is 5.91 Å². The van der Waals surface area contributed by atoms with Crippen molar-refractivity contribution in [1.29, 1.82) is 0 Å². The summed E-state index contributed by atoms with van der Waals surface area (Å²) in [6, 6.07) is 10.3. The normalized spacial score (nSPS) is 13.2. The SMILES string of the molecule is Cc1cc(C)c(C)c(O[C@H](C)C(=O)N[C@@H](C)c2cc(C)ccc2C)c1. The van der Waals surface area contributed by atoms with E-state index >= 15 is 0 Å². The van der Waals surface area contributed by atoms with E-state index in [1.165, 1.54) is 16.7 Å². The van der Waals surface area contributed by atoms with Gasteiger partial charge in [-0.2, -0.15) is 0 Å². The molecule has 2 rings (SSSR count). The largest absolute Gasteiger partial charge is 0.481 e. The number of benzene rings is 2. The topological polar surface area (TPSA) is 38.3 Å². The molecule has 0 aliphatic heterocycles. The summed E-state index contributed by atoms with van der Waals surface area (Å²) in [4.78, 5) is 12.6. The highest BCUT2D eigenvalue weighted by Crippen LogP contribution is 2.25. The van der Waals surface area contributed by atoms with Gasteiger partial charge in [0.2, 0.25) is 0 Å². The molecular formula is C22H29NO2. The zero-order valence-electron chi connectivity index (χ0n) is 16.4. The molecule has 0 unspecified atom stereocenters. The van der Waals surface area contributed by atoms with Gasteiger partial charge in [-0.05, 0) is 82.3 Å². The van der Waals surface area contributed by atoms with E-state index in [1.54, 1.807) is 6.92 Å². The van der Waals surface area contributed by atoms with Gasteiger partial charge in [0.15, 0.2) is 6.10 Å². The predicted molar refractivity (Wildman–Crippen MR) is 103 cm³/mol. The molecule has 134 valence electrons. The number of aryl methyl sites for hydroxylation is 4. The Bertz CT molecular complexity index is 780. The summed E-state index contributed by atoms with van der Waals surface area (Å²) in [5, 5.41) is 3.07. The first kappa shape index (κ1) is 19.0. The lowest BCUT2D eigenvalue weighted by Gasteiger charge is -2.22. The Balaban J connectivity index is 2.09. The van der Waals surface area contributed by atoms with Gasteiger partial charge < -0.3 is 10.1 Å². The molecule has 3 nitrogen and oxygen atoms in total. The van der Waals surface area contributed by atoms with Crippen molar-refractivity contribution < 1.29 is 9.53 Å². The second-order valence-electron chi connectivity index (χ2n) is 7.06. The highest BCUT2D eigenvalue weighted by Gasteiger charge is 2.19. The zero-order chi connectivity index (χ0) is 18.7. The Morgan fingerprint density at radius 1 is 0.920 bits per heavy atom. The van der Waals surface area contributed by atoms with Gasteiger partial charge in [0.05, 0.1) is 6.04 Å². The van der Waals surface area contributed by atoms with Crippen LogP contribution in [0.15, 0.2) is 30.3 Å². The minimum Gasteiger partial charge on any atom is -0.481 e. The fraction of sp³-hybridized carbons (Fsp3) is 0.409. The molecule has 1 amide bonds. The number of hydrogen-bond donors (Lipinski definition) is 1. The minimum atomic E-state index is -0.549. The van der Waals surface area contributed by atoms with Crippen LogP contribution >= 0.6 is 0 Å². The van der Waals surface area contributed by atoms with Crippen molar-refractivity contribution in [2.45, 2.75) is 60.6 Å². The Hall–Kier alpha value is -2.29. The lowest BCUT2D eigenvalue weighted by molar-refractivity contribution is -0.127. The number of carbonyl (C=O) groups is 1. The van der Waals surface area contributed by atoms with E-state index in [4.69, 9.17) is 4.74 Å². The molecule has 2 aromatic rings. The fourth-order valence-electron chi connectivity index (χ4n) is 3.00. The molecule has 1 N–H and O–H groups in total. The molecule has 0 spiro atoms. The van der Waals surface area contributed by atoms with Gasteiger partial charge in [0.25, 0.3) is 5.91 Å². The van der Waals surface area contributed by atoms with Crippen LogP contribution in [0.5, 0.6) is 5.75 Å². The number of rotatable bonds is 5. The first-order valence-electron chi connectivity index (χ1n) is 8.81. The Labute approximate surface area is 151 Å². The van der Waals surface area contributed by atoms with Gasteiger partial charge in [0.1, 0.15) is 5.75 Å². The van der Waals surface area contributed by atoms with Crippen LogP contribution in [0.2, 0.25) is 0 Å². The van der Waals surface area contributed by atoms with Crippen LogP contribution in [0.25, 0.3) is 0 Å². The summed E-state index contributed by atoms with van der Waals surface area (Å²) in [7, 11) is 0. The second-order valence-corrected chi connectivity index (χ2v) is 7.06. The number of nitrogens with one attached hydrogen (secondary N) is 1. The molecule has 2 aromatic carbocycles. The summed E-state index contributed by atoms with van der Waals surface area (Å²) >= 11 is 0. The van der Waals surface area contributed by atoms with Crippen molar-refractivity contribution in [3.05, 3.63) is 63.7 Å². The number of ether oxygens (including phenoxy) is 1. The molecule has 3 heteroatoms. The monoisotopic (exact) mass is 339 g/mol. The highest BCUT2D eigenvalue weighted by atomic mass is 16.5. The maximum Gasteiger partial charge on any atom is 0.261 e. The maximum atomic E-state index is 12.6. The first-order valence-corrected chi connectivity index (χ1v) is 8.81. The Morgan fingerprint density at radius 2 is 1.60 bits per heavy atom. The molecule has 2 atom stereocenters. The van der Waals surface area contributed by atoms with E-state index in [9.17, 15) is 4.79 Å². The lowest BCUT2D eigenvalue weighted by Crippen LogP contribution is -2.38. The average molecular weight is 339 g/mol. The van der Waals surface area contributed by atoms with Gasteiger partial charge >= 0.3 is 0 Å². The third-order valence-electron chi connectivity index (χ3n) is 4.70. The van der Waals surface area contributed by atoms with Crippen molar-refractivity contribution in [3.8, 4) is 5.75 Å². The van der Waals surface area contributed by atoms with E-state index in [2.05, 4.69) is 50.4 Å². The summed E-state index contributed by atoms with van der Waals surface area (Å²) in [6.07, 6.45) is -0.549. The second kappa shape index (κ2) is 7.73. The van der Waals surface area contributed by atoms with Crippen molar-refractivity contribution in [3.63, 3.8) is 0 Å². The van der Waals surface area contributed by atoms with Gasteiger partial charge in [-0.1, -0.05) is 29.8 Å². The molecule has 25 heavy (non-hydrogen) atoms. The molecule has 0 heterocycles. The van der Waals surface area contributed by atoms with Gasteiger partial charge in [-0.25, -0.2) is 0 Å². The van der Waals surface area contributed by atoms with Crippen LogP contribution < -0.4 is 10.1 Å². The summed E-state index contributed by atoms with van der Waals surface area (Å²) < 4.78 is 5.95. The summed E-state index contributed by atoms with van der Waals surface area (Å²) in [6.45, 7) is 14.0. The zero-order valence-corrected chi connectivity index (χ0v) is 16.4. The molecule has 0 aliphatic rings. The van der Waals surface area contributed by atoms with Crippen molar-refractivity contribution in [1.82, 2.24) is 5.32 Å². The van der Waals surface area contributed by atoms with Crippen molar-refractivity contribution in [2.75, 3.05) is 0 Å². The molecule has 0 aliphatic carbocycles. The van der Waals surface area contributed by atoms with Gasteiger partial charge in [-0.15, -0.1) is 0 Å². The summed E-state index contributed by atoms with van der Waals surface area (Å²) in [5.41, 5.74) is 6.89. The smallest absolute Gasteiger partial charge is 0.261 e. The first-order chi connectivity index (χ1) is 11.7. The van der Waals surface area contributed by atoms with E-state index in [1.807, 2.05) is 26.8 Å². The summed E-state index contributed by atoms with van der Waals surface area (Å²) in [5.74, 6) is 0.673. The third-order valence-corrected chi connectivity index (χ3v) is 4.70. The molecule has 0 fully saturated rings. The average Bonchev–Trinajstić information content (AvgIpc) is 2.54. The fourth-order valence-corrected chi connectivity index (χ4v) is 3.00. The van der Waals surface area contributed by atoms with Crippen LogP contribution in [0, 0.1) is 34.6 Å². The van der Waals surface area contributed by atoms with Crippen molar-refractivity contribution in [2.24, 2.45) is 0 Å². The molecule has 0 saturated heterocycles. The number of carbonyl (C=O) groups excluding carboxylic acids is 1. The van der Waals surface area contributed by atoms with Crippen LogP contribution in [0.4, 0.5) is 0 Å². The van der Waals surface area contributed by atoms with Crippen LogP contribution in [-0.4, -0.2) is 12.0 Å². The van der Waals surface area contributed by atoms with E-state index in [0.717, 1.165) is 22.4 Å². The van der Waals surface area contributed by atoms with Gasteiger partial charge in [0, 0.05) is 0 Å². The molecular weight excluding hydrogens is 310 g/mol. The maximum absolute atomic E-state index is 12.6. The number of hydrogen-bond acceptors (Lipinski definition) is 2. The standard InChI is InChI=1S/C22H29NO2/c1-13-8-9-15(3)20(11-13)18(6)23-22(24)19(7)25-21-12-14(2)10-16(4)17(21)5/h8-12,18-19H,1-7H3,(H,23,24)/t18-,19+/m0/s1. The van der Waals surface area contributed by atoms with Crippen LogP contribution in [0.1, 0.15) is 53.3 Å². The molecule has 0 saturated carbocycles. The third kappa shape index (κ3) is 4.62. The van der Waals surface area contributed by atoms with E-state index in [0.29, 0.717) is 0 Å². The number of amides is 1. The van der Waals surface area contributed by atoms with E-state index in [-0.39, 0.29) is 11.9 Å². The quantitative estimate of drug-likeness (QED) is 0.843. The molecule has 0 radical (unpaired) electrons. The highest BCUT2D eigenvalue weighted by molar-refractivity contribution is 5.81. The molecule has 0 aromatic heterocycles. The lowest BCUT2D eigenvalue weighted by atomic mass is 10.00. The minimum absolute atomic E-state index is 0.0567. The Kier molecular flexibility index (Phi) is 5.89. The van der Waals surface area contributed by atoms with E-state index < -0.39 is 6.10 Å². The van der Waals surface area contributed by atoms with Crippen LogP contribution in [0.3, 0.4) is 0 Å². The molecule has 0 bridgehead atoms.